The summed E-state index contributed by atoms with van der Waals surface area (Å²) >= 11 is 5.67. The molecule has 0 radical (unpaired) electrons. The molecule has 0 amide bonds. The molecule has 0 aliphatic carbocycles. The number of imidazole rings is 1. The Morgan fingerprint density at radius 1 is 1.50 bits per heavy atom. The minimum absolute atomic E-state index is 0.144. The average Bonchev–Trinajstić information content (AvgIpc) is 2.74. The molecule has 0 saturated carbocycles. The summed E-state index contributed by atoms with van der Waals surface area (Å²) in [4.78, 5) is 3.92. The summed E-state index contributed by atoms with van der Waals surface area (Å²) in [5, 5.41) is 3.25. The third-order valence-corrected chi connectivity index (χ3v) is 2.57. The zero-order valence-electron chi connectivity index (χ0n) is 8.74. The van der Waals surface area contributed by atoms with Crippen molar-refractivity contribution in [2.45, 2.75) is 13.6 Å². The molecule has 0 unspecified atom stereocenters. The summed E-state index contributed by atoms with van der Waals surface area (Å²) in [5.74, 6) is -0.416. The standard InChI is InChI=1S/C11H11ClFN3/c1-8-4-9(12)10(13)5-11(8)15-7-16-3-2-14-6-16/h2-6,15H,7H2,1H3. The van der Waals surface area contributed by atoms with E-state index in [2.05, 4.69) is 10.3 Å². The first kappa shape index (κ1) is 11.0. The van der Waals surface area contributed by atoms with Crippen LogP contribution in [0.5, 0.6) is 0 Å². The van der Waals surface area contributed by atoms with Crippen LogP contribution in [0.15, 0.2) is 30.9 Å². The summed E-state index contributed by atoms with van der Waals surface area (Å²) in [5.41, 5.74) is 1.64. The van der Waals surface area contributed by atoms with E-state index < -0.39 is 5.82 Å². The molecule has 84 valence electrons. The lowest BCUT2D eigenvalue weighted by Gasteiger charge is -2.10. The number of aryl methyl sites for hydroxylation is 1. The van der Waals surface area contributed by atoms with Crippen molar-refractivity contribution in [3.05, 3.63) is 47.3 Å². The lowest BCUT2D eigenvalue weighted by Crippen LogP contribution is -2.07. The van der Waals surface area contributed by atoms with E-state index in [1.807, 2.05) is 17.7 Å². The molecule has 1 aromatic heterocycles. The number of hydrogen-bond donors (Lipinski definition) is 1. The molecule has 2 aromatic rings. The van der Waals surface area contributed by atoms with Crippen molar-refractivity contribution >= 4 is 17.3 Å². The first-order chi connectivity index (χ1) is 7.66. The highest BCUT2D eigenvalue weighted by Gasteiger charge is 2.04. The van der Waals surface area contributed by atoms with E-state index in [9.17, 15) is 4.39 Å². The molecule has 1 N–H and O–H groups in total. The molecule has 1 aromatic carbocycles. The second kappa shape index (κ2) is 4.53. The van der Waals surface area contributed by atoms with Crippen molar-refractivity contribution < 1.29 is 4.39 Å². The molecule has 0 aliphatic rings. The van der Waals surface area contributed by atoms with Gasteiger partial charge in [0.25, 0.3) is 0 Å². The minimum Gasteiger partial charge on any atom is -0.367 e. The lowest BCUT2D eigenvalue weighted by atomic mass is 10.2. The van der Waals surface area contributed by atoms with Crippen molar-refractivity contribution in [2.75, 3.05) is 5.32 Å². The Morgan fingerprint density at radius 3 is 3.00 bits per heavy atom. The van der Waals surface area contributed by atoms with Crippen molar-refractivity contribution in [3.8, 4) is 0 Å². The molecule has 1 heterocycles. The van der Waals surface area contributed by atoms with Crippen molar-refractivity contribution in [1.82, 2.24) is 9.55 Å². The van der Waals surface area contributed by atoms with Gasteiger partial charge in [0.15, 0.2) is 0 Å². The highest BCUT2D eigenvalue weighted by molar-refractivity contribution is 6.30. The average molecular weight is 240 g/mol. The largest absolute Gasteiger partial charge is 0.367 e. The first-order valence-corrected chi connectivity index (χ1v) is 5.20. The highest BCUT2D eigenvalue weighted by atomic mass is 35.5. The summed E-state index contributed by atoms with van der Waals surface area (Å²) in [6.07, 6.45) is 5.21. The molecule has 0 saturated heterocycles. The number of hydrogen-bond acceptors (Lipinski definition) is 2. The minimum atomic E-state index is -0.416. The smallest absolute Gasteiger partial charge is 0.143 e. The number of benzene rings is 1. The van der Waals surface area contributed by atoms with Gasteiger partial charge in [-0.15, -0.1) is 0 Å². The Morgan fingerprint density at radius 2 is 2.31 bits per heavy atom. The Hall–Kier alpha value is -1.55. The van der Waals surface area contributed by atoms with E-state index in [4.69, 9.17) is 11.6 Å². The fourth-order valence-corrected chi connectivity index (χ4v) is 1.61. The number of aromatic nitrogens is 2. The van der Waals surface area contributed by atoms with E-state index in [1.54, 1.807) is 18.6 Å². The van der Waals surface area contributed by atoms with E-state index in [0.717, 1.165) is 11.3 Å². The SMILES string of the molecule is Cc1cc(Cl)c(F)cc1NCn1ccnc1. The number of rotatable bonds is 3. The zero-order chi connectivity index (χ0) is 11.5. The fourth-order valence-electron chi connectivity index (χ4n) is 1.39. The lowest BCUT2D eigenvalue weighted by molar-refractivity contribution is 0.627. The van der Waals surface area contributed by atoms with Crippen LogP contribution in [-0.4, -0.2) is 9.55 Å². The topological polar surface area (TPSA) is 29.9 Å². The molecular weight excluding hydrogens is 229 g/mol. The first-order valence-electron chi connectivity index (χ1n) is 4.82. The predicted octanol–water partition coefficient (Wildman–Crippen LogP) is 3.05. The second-order valence-electron chi connectivity index (χ2n) is 3.49. The van der Waals surface area contributed by atoms with Crippen LogP contribution in [0.1, 0.15) is 5.56 Å². The Labute approximate surface area is 97.9 Å². The highest BCUT2D eigenvalue weighted by Crippen LogP contribution is 2.23. The molecule has 16 heavy (non-hydrogen) atoms. The van der Waals surface area contributed by atoms with Crippen LogP contribution in [0.2, 0.25) is 5.02 Å². The molecule has 2 rings (SSSR count). The van der Waals surface area contributed by atoms with Crippen LogP contribution in [0.4, 0.5) is 10.1 Å². The van der Waals surface area contributed by atoms with Crippen LogP contribution >= 0.6 is 11.6 Å². The van der Waals surface area contributed by atoms with Gasteiger partial charge in [-0.2, -0.15) is 0 Å². The third-order valence-electron chi connectivity index (χ3n) is 2.28. The van der Waals surface area contributed by atoms with Crippen LogP contribution in [-0.2, 0) is 6.67 Å². The van der Waals surface area contributed by atoms with Gasteiger partial charge in [-0.3, -0.25) is 0 Å². The summed E-state index contributed by atoms with van der Waals surface area (Å²) in [7, 11) is 0. The fraction of sp³-hybridized carbons (Fsp3) is 0.182. The van der Waals surface area contributed by atoms with Gasteiger partial charge in [0.05, 0.1) is 18.0 Å². The van der Waals surface area contributed by atoms with Crippen molar-refractivity contribution in [2.24, 2.45) is 0 Å². The molecule has 3 nitrogen and oxygen atoms in total. The maximum Gasteiger partial charge on any atom is 0.143 e. The maximum absolute atomic E-state index is 13.2. The van der Waals surface area contributed by atoms with Crippen molar-refractivity contribution in [1.29, 1.82) is 0 Å². The second-order valence-corrected chi connectivity index (χ2v) is 3.90. The van der Waals surface area contributed by atoms with E-state index in [0.29, 0.717) is 6.67 Å². The third kappa shape index (κ3) is 2.33. The molecule has 0 fully saturated rings. The van der Waals surface area contributed by atoms with Gasteiger partial charge >= 0.3 is 0 Å². The Bertz CT molecular complexity index is 482. The van der Waals surface area contributed by atoms with E-state index in [1.165, 1.54) is 6.07 Å². The summed E-state index contributed by atoms with van der Waals surface area (Å²) < 4.78 is 15.1. The van der Waals surface area contributed by atoms with Crippen LogP contribution in [0.3, 0.4) is 0 Å². The molecule has 0 atom stereocenters. The van der Waals surface area contributed by atoms with Crippen LogP contribution < -0.4 is 5.32 Å². The quantitative estimate of drug-likeness (QED) is 0.892. The van der Waals surface area contributed by atoms with Gasteiger partial charge in [0, 0.05) is 18.1 Å². The molecule has 5 heteroatoms. The molecule has 0 aliphatic heterocycles. The van der Waals surface area contributed by atoms with Crippen LogP contribution in [0.25, 0.3) is 0 Å². The Kier molecular flexibility index (Phi) is 3.10. The van der Waals surface area contributed by atoms with Crippen LogP contribution in [0, 0.1) is 12.7 Å². The number of nitrogens with zero attached hydrogens (tertiary/aromatic N) is 2. The molecular formula is C11H11ClFN3. The van der Waals surface area contributed by atoms with Crippen molar-refractivity contribution in [3.63, 3.8) is 0 Å². The summed E-state index contributed by atoms with van der Waals surface area (Å²) in [6.45, 7) is 2.42. The Balaban J connectivity index is 2.12. The van der Waals surface area contributed by atoms with Gasteiger partial charge in [-0.25, -0.2) is 9.37 Å². The number of halogens is 2. The van der Waals surface area contributed by atoms with Gasteiger partial charge in [0.2, 0.25) is 0 Å². The zero-order valence-corrected chi connectivity index (χ0v) is 9.50. The monoisotopic (exact) mass is 239 g/mol. The van der Waals surface area contributed by atoms with E-state index in [-0.39, 0.29) is 5.02 Å². The van der Waals surface area contributed by atoms with Gasteiger partial charge in [-0.1, -0.05) is 11.6 Å². The number of nitrogens with one attached hydrogen (secondary N) is 1. The van der Waals surface area contributed by atoms with Gasteiger partial charge in [0.1, 0.15) is 5.82 Å². The molecule has 0 spiro atoms. The van der Waals surface area contributed by atoms with Gasteiger partial charge < -0.3 is 9.88 Å². The summed E-state index contributed by atoms with van der Waals surface area (Å²) in [6, 6.07) is 3.00. The van der Waals surface area contributed by atoms with E-state index >= 15 is 0 Å². The van der Waals surface area contributed by atoms with Gasteiger partial charge in [-0.05, 0) is 24.6 Å². The predicted molar refractivity (Wildman–Crippen MR) is 62.0 cm³/mol. The maximum atomic E-state index is 13.2. The normalized spacial score (nSPS) is 10.4. The molecule has 0 bridgehead atoms. The number of anilines is 1.